The highest BCUT2D eigenvalue weighted by Gasteiger charge is 2.25. The van der Waals surface area contributed by atoms with Crippen LogP contribution in [0, 0.1) is 5.92 Å². The minimum absolute atomic E-state index is 0.266. The summed E-state index contributed by atoms with van der Waals surface area (Å²) >= 11 is 0. The van der Waals surface area contributed by atoms with Gasteiger partial charge in [0.05, 0.1) is 14.2 Å². The van der Waals surface area contributed by atoms with Gasteiger partial charge in [0.2, 0.25) is 0 Å². The largest absolute Gasteiger partial charge is 0.389 e. The average Bonchev–Trinajstić information content (AvgIpc) is 2.45. The predicted octanol–water partition coefficient (Wildman–Crippen LogP) is 4.89. The third kappa shape index (κ3) is 4.06. The average molecular weight is 289 g/mol. The second-order valence-corrected chi connectivity index (χ2v) is 12.1. The standard InChI is InChI=1S/C18H28OSi/c1-20(2,3)18(16-12-8-5-9-13-16)14-17(19)15-10-6-4-7-11-15/h5,8-9,12-15,17,19H,4,6-7,10-11H2,1-3H3/b18-14-. The van der Waals surface area contributed by atoms with E-state index >= 15 is 0 Å². The number of hydrogen-bond acceptors (Lipinski definition) is 1. The normalized spacial score (nSPS) is 19.9. The zero-order valence-electron chi connectivity index (χ0n) is 13.1. The third-order valence-corrected chi connectivity index (χ3v) is 6.43. The molecule has 0 aliphatic heterocycles. The summed E-state index contributed by atoms with van der Waals surface area (Å²) in [6, 6.07) is 10.6. The molecule has 0 amide bonds. The lowest BCUT2D eigenvalue weighted by Crippen LogP contribution is -2.27. The van der Waals surface area contributed by atoms with Crippen molar-refractivity contribution in [3.05, 3.63) is 42.0 Å². The monoisotopic (exact) mass is 288 g/mol. The van der Waals surface area contributed by atoms with E-state index in [-0.39, 0.29) is 6.10 Å². The highest BCUT2D eigenvalue weighted by atomic mass is 28.3. The number of hydrogen-bond donors (Lipinski definition) is 1. The van der Waals surface area contributed by atoms with Crippen LogP contribution >= 0.6 is 0 Å². The molecule has 1 fully saturated rings. The lowest BCUT2D eigenvalue weighted by atomic mass is 9.85. The highest BCUT2D eigenvalue weighted by Crippen LogP contribution is 2.31. The minimum atomic E-state index is -1.45. The van der Waals surface area contributed by atoms with Crippen LogP contribution in [0.25, 0.3) is 5.20 Å². The smallest absolute Gasteiger partial charge is 0.0780 e. The Morgan fingerprint density at radius 3 is 2.25 bits per heavy atom. The van der Waals surface area contributed by atoms with Crippen LogP contribution < -0.4 is 0 Å². The van der Waals surface area contributed by atoms with Crippen LogP contribution in [0.5, 0.6) is 0 Å². The fraction of sp³-hybridized carbons (Fsp3) is 0.556. The highest BCUT2D eigenvalue weighted by molar-refractivity contribution is 6.93. The summed E-state index contributed by atoms with van der Waals surface area (Å²) in [4.78, 5) is 0. The molecule has 0 radical (unpaired) electrons. The first-order chi connectivity index (χ1) is 9.48. The molecule has 0 spiro atoms. The first-order valence-electron chi connectivity index (χ1n) is 7.94. The van der Waals surface area contributed by atoms with Gasteiger partial charge in [-0.15, -0.1) is 0 Å². The van der Waals surface area contributed by atoms with E-state index in [0.717, 1.165) is 0 Å². The summed E-state index contributed by atoms with van der Waals surface area (Å²) < 4.78 is 0. The molecule has 1 N–H and O–H groups in total. The summed E-state index contributed by atoms with van der Waals surface area (Å²) in [6.45, 7) is 7.08. The summed E-state index contributed by atoms with van der Waals surface area (Å²) in [5.74, 6) is 0.471. The Balaban J connectivity index is 2.24. The van der Waals surface area contributed by atoms with Crippen LogP contribution in [0.2, 0.25) is 19.6 Å². The maximum absolute atomic E-state index is 10.6. The molecular weight excluding hydrogens is 260 g/mol. The van der Waals surface area contributed by atoms with Crippen molar-refractivity contribution in [2.75, 3.05) is 0 Å². The molecule has 2 heteroatoms. The molecule has 1 aliphatic rings. The Morgan fingerprint density at radius 1 is 1.10 bits per heavy atom. The quantitative estimate of drug-likeness (QED) is 0.782. The van der Waals surface area contributed by atoms with Crippen LogP contribution in [0.15, 0.2) is 36.4 Å². The maximum atomic E-state index is 10.6. The minimum Gasteiger partial charge on any atom is -0.389 e. The molecule has 20 heavy (non-hydrogen) atoms. The van der Waals surface area contributed by atoms with Crippen molar-refractivity contribution < 1.29 is 5.11 Å². The molecule has 1 atom stereocenters. The molecule has 0 aromatic heterocycles. The Kier molecular flexibility index (Phi) is 5.22. The molecule has 1 unspecified atom stereocenters. The first kappa shape index (κ1) is 15.5. The molecule has 1 aromatic rings. The van der Waals surface area contributed by atoms with Gasteiger partial charge >= 0.3 is 0 Å². The summed E-state index contributed by atoms with van der Waals surface area (Å²) in [5.41, 5.74) is 1.29. The van der Waals surface area contributed by atoms with E-state index in [1.54, 1.807) is 0 Å². The van der Waals surface area contributed by atoms with Crippen molar-refractivity contribution in [2.45, 2.75) is 57.8 Å². The molecule has 2 rings (SSSR count). The van der Waals surface area contributed by atoms with E-state index in [2.05, 4.69) is 56.0 Å². The van der Waals surface area contributed by atoms with Gasteiger partial charge < -0.3 is 5.11 Å². The number of aliphatic hydroxyl groups is 1. The van der Waals surface area contributed by atoms with Gasteiger partial charge in [0, 0.05) is 0 Å². The Bertz CT molecular complexity index is 438. The predicted molar refractivity (Wildman–Crippen MR) is 90.3 cm³/mol. The van der Waals surface area contributed by atoms with Crippen molar-refractivity contribution in [2.24, 2.45) is 5.92 Å². The van der Waals surface area contributed by atoms with E-state index in [4.69, 9.17) is 0 Å². The molecule has 0 heterocycles. The molecule has 1 nitrogen and oxygen atoms in total. The molecule has 110 valence electrons. The first-order valence-corrected chi connectivity index (χ1v) is 11.4. The molecule has 1 aliphatic carbocycles. The third-order valence-electron chi connectivity index (χ3n) is 4.36. The summed E-state index contributed by atoms with van der Waals surface area (Å²) in [5, 5.41) is 12.0. The summed E-state index contributed by atoms with van der Waals surface area (Å²) in [7, 11) is -1.45. The SMILES string of the molecule is C[Si](C)(C)/C(=C\C(O)C1CCCCC1)c1ccccc1. The van der Waals surface area contributed by atoms with E-state index < -0.39 is 8.07 Å². The van der Waals surface area contributed by atoms with E-state index in [0.29, 0.717) is 5.92 Å². The Morgan fingerprint density at radius 2 is 1.70 bits per heavy atom. The van der Waals surface area contributed by atoms with Gasteiger partial charge in [0.15, 0.2) is 0 Å². The van der Waals surface area contributed by atoms with Gasteiger partial charge in [-0.05, 0) is 24.3 Å². The van der Waals surface area contributed by atoms with Crippen molar-refractivity contribution in [1.29, 1.82) is 0 Å². The lowest BCUT2D eigenvalue weighted by Gasteiger charge is -2.28. The van der Waals surface area contributed by atoms with Gasteiger partial charge in [0.1, 0.15) is 0 Å². The fourth-order valence-electron chi connectivity index (χ4n) is 3.18. The van der Waals surface area contributed by atoms with Crippen molar-refractivity contribution in [3.8, 4) is 0 Å². The number of benzene rings is 1. The van der Waals surface area contributed by atoms with E-state index in [9.17, 15) is 5.11 Å². The van der Waals surface area contributed by atoms with Crippen LogP contribution in [0.3, 0.4) is 0 Å². The second kappa shape index (κ2) is 6.73. The molecule has 1 saturated carbocycles. The second-order valence-electron chi connectivity index (χ2n) is 7.09. The zero-order chi connectivity index (χ0) is 14.6. The molecule has 0 bridgehead atoms. The summed E-state index contributed by atoms with van der Waals surface area (Å²) in [6.07, 6.45) is 8.19. The molecule has 1 aromatic carbocycles. The van der Waals surface area contributed by atoms with Crippen LogP contribution in [-0.4, -0.2) is 19.3 Å². The lowest BCUT2D eigenvalue weighted by molar-refractivity contribution is 0.125. The van der Waals surface area contributed by atoms with Gasteiger partial charge in [-0.2, -0.15) is 0 Å². The number of rotatable bonds is 4. The zero-order valence-corrected chi connectivity index (χ0v) is 14.1. The van der Waals surface area contributed by atoms with Crippen molar-refractivity contribution in [1.82, 2.24) is 0 Å². The fourth-order valence-corrected chi connectivity index (χ4v) is 4.88. The van der Waals surface area contributed by atoms with E-state index in [1.165, 1.54) is 42.9 Å². The molecular formula is C18H28OSi. The maximum Gasteiger partial charge on any atom is 0.0780 e. The Hall–Kier alpha value is -0.863. The van der Waals surface area contributed by atoms with E-state index in [1.807, 2.05) is 0 Å². The van der Waals surface area contributed by atoms with Crippen LogP contribution in [0.1, 0.15) is 37.7 Å². The molecule has 0 saturated heterocycles. The van der Waals surface area contributed by atoms with Crippen molar-refractivity contribution >= 4 is 13.3 Å². The number of aliphatic hydroxyl groups excluding tert-OH is 1. The topological polar surface area (TPSA) is 20.2 Å². The van der Waals surface area contributed by atoms with Gasteiger partial charge in [-0.3, -0.25) is 0 Å². The van der Waals surface area contributed by atoms with Crippen molar-refractivity contribution in [3.63, 3.8) is 0 Å². The van der Waals surface area contributed by atoms with Crippen LogP contribution in [-0.2, 0) is 0 Å². The van der Waals surface area contributed by atoms with Gasteiger partial charge in [0.25, 0.3) is 0 Å². The van der Waals surface area contributed by atoms with Crippen LogP contribution in [0.4, 0.5) is 0 Å². The Labute approximate surface area is 124 Å². The van der Waals surface area contributed by atoms with Gasteiger partial charge in [-0.25, -0.2) is 0 Å². The van der Waals surface area contributed by atoms with Gasteiger partial charge in [-0.1, -0.05) is 80.5 Å².